The normalized spacial score (nSPS) is 13.5. The fourth-order valence-corrected chi connectivity index (χ4v) is 5.12. The topological polar surface area (TPSA) is 103 Å². The van der Waals surface area contributed by atoms with Gasteiger partial charge in [-0.05, 0) is 53.6 Å². The van der Waals surface area contributed by atoms with Crippen LogP contribution in [0, 0.1) is 22.7 Å². The molecule has 3 heterocycles. The molecule has 1 N–H and O–H groups in total. The molecular formula is C29H23N7O. The zero-order valence-corrected chi connectivity index (χ0v) is 20.3. The summed E-state index contributed by atoms with van der Waals surface area (Å²) in [5.74, 6) is 0. The molecule has 0 amide bonds. The van der Waals surface area contributed by atoms with E-state index in [1.807, 2.05) is 48.5 Å². The number of piperazine rings is 1. The van der Waals surface area contributed by atoms with Crippen molar-refractivity contribution in [3.8, 4) is 29.0 Å². The van der Waals surface area contributed by atoms with Crippen LogP contribution in [0.25, 0.3) is 38.8 Å². The van der Waals surface area contributed by atoms with E-state index in [1.54, 1.807) is 34.5 Å². The lowest BCUT2D eigenvalue weighted by molar-refractivity contribution is 0.589. The number of nitriles is 2. The summed E-state index contributed by atoms with van der Waals surface area (Å²) < 4.78 is 3.25. The summed E-state index contributed by atoms with van der Waals surface area (Å²) >= 11 is 0. The Kier molecular flexibility index (Phi) is 5.45. The highest BCUT2D eigenvalue weighted by Crippen LogP contribution is 2.31. The maximum absolute atomic E-state index is 13.5. The molecule has 0 saturated carbocycles. The molecular weight excluding hydrogens is 462 g/mol. The molecule has 1 aliphatic heterocycles. The van der Waals surface area contributed by atoms with Crippen molar-refractivity contribution in [1.29, 1.82) is 10.5 Å². The highest BCUT2D eigenvalue weighted by molar-refractivity contribution is 6.04. The molecule has 8 nitrogen and oxygen atoms in total. The predicted molar refractivity (Wildman–Crippen MR) is 144 cm³/mol. The van der Waals surface area contributed by atoms with Gasteiger partial charge >= 0.3 is 5.69 Å². The Bertz CT molecular complexity index is 1830. The van der Waals surface area contributed by atoms with Gasteiger partial charge < -0.3 is 10.2 Å². The minimum Gasteiger partial charge on any atom is -0.368 e. The van der Waals surface area contributed by atoms with Crippen molar-refractivity contribution in [2.45, 2.75) is 0 Å². The predicted octanol–water partition coefficient (Wildman–Crippen LogP) is 3.70. The molecule has 0 spiro atoms. The van der Waals surface area contributed by atoms with E-state index >= 15 is 0 Å². The summed E-state index contributed by atoms with van der Waals surface area (Å²) in [4.78, 5) is 20.3. The van der Waals surface area contributed by atoms with Gasteiger partial charge in [0.1, 0.15) is 6.07 Å². The van der Waals surface area contributed by atoms with E-state index in [9.17, 15) is 15.3 Å². The molecule has 1 aliphatic rings. The van der Waals surface area contributed by atoms with Gasteiger partial charge in [-0.25, -0.2) is 4.79 Å². The van der Waals surface area contributed by atoms with Crippen LogP contribution in [0.5, 0.6) is 0 Å². The zero-order valence-electron chi connectivity index (χ0n) is 20.3. The summed E-state index contributed by atoms with van der Waals surface area (Å²) in [6.45, 7) is 3.39. The summed E-state index contributed by atoms with van der Waals surface area (Å²) in [5.41, 5.74) is 6.45. The van der Waals surface area contributed by atoms with Gasteiger partial charge in [-0.1, -0.05) is 18.2 Å². The van der Waals surface area contributed by atoms with Crippen molar-refractivity contribution >= 4 is 27.6 Å². The highest BCUT2D eigenvalue weighted by Gasteiger charge is 2.20. The lowest BCUT2D eigenvalue weighted by atomic mass is 10.0. The molecule has 1 fully saturated rings. The summed E-state index contributed by atoms with van der Waals surface area (Å²) in [6.07, 6.45) is 1.71. The number of hydrogen-bond acceptors (Lipinski definition) is 6. The lowest BCUT2D eigenvalue weighted by Gasteiger charge is -2.30. The molecule has 0 unspecified atom stereocenters. The van der Waals surface area contributed by atoms with Crippen molar-refractivity contribution in [3.05, 3.63) is 88.5 Å². The van der Waals surface area contributed by atoms with Gasteiger partial charge in [-0.3, -0.25) is 14.1 Å². The van der Waals surface area contributed by atoms with Gasteiger partial charge in [0.15, 0.2) is 0 Å². The van der Waals surface area contributed by atoms with Crippen molar-refractivity contribution in [2.75, 3.05) is 31.1 Å². The van der Waals surface area contributed by atoms with Crippen molar-refractivity contribution in [3.63, 3.8) is 0 Å². The van der Waals surface area contributed by atoms with E-state index in [4.69, 9.17) is 0 Å². The third kappa shape index (κ3) is 3.72. The first-order valence-electron chi connectivity index (χ1n) is 12.1. The van der Waals surface area contributed by atoms with Crippen LogP contribution in [-0.4, -0.2) is 40.3 Å². The first-order chi connectivity index (χ1) is 18.1. The number of nitrogens with one attached hydrogen (secondary N) is 1. The quantitative estimate of drug-likeness (QED) is 0.418. The highest BCUT2D eigenvalue weighted by atomic mass is 16.1. The Morgan fingerprint density at radius 3 is 2.54 bits per heavy atom. The average Bonchev–Trinajstić information content (AvgIpc) is 3.22. The third-order valence-electron chi connectivity index (χ3n) is 7.02. The monoisotopic (exact) mass is 485 g/mol. The number of imidazole rings is 1. The Labute approximate surface area is 213 Å². The maximum atomic E-state index is 13.5. The molecule has 1 saturated heterocycles. The van der Waals surface area contributed by atoms with Crippen LogP contribution >= 0.6 is 0 Å². The Morgan fingerprint density at radius 2 is 1.76 bits per heavy atom. The smallest absolute Gasteiger partial charge is 0.333 e. The van der Waals surface area contributed by atoms with Crippen LogP contribution in [-0.2, 0) is 7.05 Å². The molecule has 180 valence electrons. The fraction of sp³-hybridized carbons (Fsp3) is 0.172. The van der Waals surface area contributed by atoms with Crippen LogP contribution in [0.15, 0.2) is 71.7 Å². The van der Waals surface area contributed by atoms with Gasteiger partial charge in [-0.2, -0.15) is 10.5 Å². The SMILES string of the molecule is Cn1c(=O)n(-c2ccc(N3CCNCC3)c(C#N)c2)c2c3cc(-c4cccc(C#N)c4)ccc3ncc21. The summed E-state index contributed by atoms with van der Waals surface area (Å²) in [7, 11) is 1.73. The second kappa shape index (κ2) is 8.94. The number of rotatable bonds is 3. The van der Waals surface area contributed by atoms with E-state index in [1.165, 1.54) is 0 Å². The number of aromatic nitrogens is 3. The van der Waals surface area contributed by atoms with Crippen LogP contribution in [0.2, 0.25) is 0 Å². The second-order valence-electron chi connectivity index (χ2n) is 9.14. The van der Waals surface area contributed by atoms with E-state index in [-0.39, 0.29) is 5.69 Å². The minimum atomic E-state index is -0.208. The number of fused-ring (bicyclic) bond motifs is 3. The van der Waals surface area contributed by atoms with Crippen LogP contribution in [0.1, 0.15) is 11.1 Å². The van der Waals surface area contributed by atoms with Crippen LogP contribution in [0.4, 0.5) is 5.69 Å². The maximum Gasteiger partial charge on any atom is 0.333 e. The van der Waals surface area contributed by atoms with Gasteiger partial charge in [0.2, 0.25) is 0 Å². The average molecular weight is 486 g/mol. The van der Waals surface area contributed by atoms with Crippen molar-refractivity contribution in [1.82, 2.24) is 19.4 Å². The summed E-state index contributed by atoms with van der Waals surface area (Å²) in [5, 5.41) is 23.5. The number of anilines is 1. The molecule has 0 aliphatic carbocycles. The standard InChI is InChI=1S/C29H23N7O/c1-34-27-18-33-25-7-5-21(20-4-2-3-19(13-20)16-30)15-24(25)28(27)36(29(34)37)23-6-8-26(22(14-23)17-31)35-11-9-32-10-12-35/h2-8,13-15,18,32H,9-12H2,1H3. The molecule has 0 atom stereocenters. The Hall–Kier alpha value is -4.92. The summed E-state index contributed by atoms with van der Waals surface area (Å²) in [6, 6.07) is 23.5. The molecule has 37 heavy (non-hydrogen) atoms. The first-order valence-corrected chi connectivity index (χ1v) is 12.1. The molecule has 0 radical (unpaired) electrons. The number of nitrogens with zero attached hydrogens (tertiary/aromatic N) is 6. The van der Waals surface area contributed by atoms with Gasteiger partial charge in [0, 0.05) is 38.6 Å². The Balaban J connectivity index is 1.58. The van der Waals surface area contributed by atoms with Crippen molar-refractivity contribution < 1.29 is 0 Å². The van der Waals surface area contributed by atoms with Gasteiger partial charge in [-0.15, -0.1) is 0 Å². The van der Waals surface area contributed by atoms with E-state index in [2.05, 4.69) is 27.3 Å². The number of benzene rings is 3. The second-order valence-corrected chi connectivity index (χ2v) is 9.14. The van der Waals surface area contributed by atoms with E-state index in [0.29, 0.717) is 22.3 Å². The Morgan fingerprint density at radius 1 is 0.946 bits per heavy atom. The van der Waals surface area contributed by atoms with Crippen LogP contribution < -0.4 is 15.9 Å². The van der Waals surface area contributed by atoms with Gasteiger partial charge in [0.25, 0.3) is 0 Å². The number of hydrogen-bond donors (Lipinski definition) is 1. The molecule has 3 aromatic carbocycles. The van der Waals surface area contributed by atoms with Crippen LogP contribution in [0.3, 0.4) is 0 Å². The van der Waals surface area contributed by atoms with Gasteiger partial charge in [0.05, 0.1) is 51.3 Å². The molecule has 2 aromatic heterocycles. The van der Waals surface area contributed by atoms with Crippen molar-refractivity contribution in [2.24, 2.45) is 7.05 Å². The van der Waals surface area contributed by atoms with E-state index < -0.39 is 0 Å². The lowest BCUT2D eigenvalue weighted by Crippen LogP contribution is -2.43. The largest absolute Gasteiger partial charge is 0.368 e. The number of aryl methyl sites for hydroxylation is 1. The molecule has 0 bridgehead atoms. The minimum absolute atomic E-state index is 0.208. The number of pyridine rings is 1. The van der Waals surface area contributed by atoms with E-state index in [0.717, 1.165) is 59.4 Å². The third-order valence-corrected chi connectivity index (χ3v) is 7.02. The molecule has 5 aromatic rings. The molecule has 8 heteroatoms. The molecule has 6 rings (SSSR count). The first kappa shape index (κ1) is 22.5. The fourth-order valence-electron chi connectivity index (χ4n) is 5.12. The zero-order chi connectivity index (χ0) is 25.5.